The Balaban J connectivity index is 1.16. The fraction of sp³-hybridized carbons (Fsp3) is 0.733. The first-order valence-electron chi connectivity index (χ1n) is 14.4. The Kier molecular flexibility index (Phi) is 5.83. The van der Waals surface area contributed by atoms with Crippen LogP contribution < -0.4 is 0 Å². The van der Waals surface area contributed by atoms with Gasteiger partial charge in [0.2, 0.25) is 0 Å². The van der Waals surface area contributed by atoms with Crippen LogP contribution >= 0.6 is 0 Å². The van der Waals surface area contributed by atoms with E-state index in [0.29, 0.717) is 24.2 Å². The number of furan rings is 2. The minimum atomic E-state index is -0.772. The molecule has 36 heavy (non-hydrogen) atoms. The average Bonchev–Trinajstić information content (AvgIpc) is 3.63. The van der Waals surface area contributed by atoms with Gasteiger partial charge in [0.05, 0.1) is 29.8 Å². The third kappa shape index (κ3) is 3.72. The van der Waals surface area contributed by atoms with Crippen LogP contribution in [0.2, 0.25) is 0 Å². The van der Waals surface area contributed by atoms with Crippen LogP contribution in [0.15, 0.2) is 46.0 Å². The van der Waals surface area contributed by atoms with Crippen molar-refractivity contribution in [2.75, 3.05) is 18.8 Å². The van der Waals surface area contributed by atoms with Gasteiger partial charge in [0.25, 0.3) is 0 Å². The van der Waals surface area contributed by atoms with Crippen LogP contribution in [0.3, 0.4) is 0 Å². The van der Waals surface area contributed by atoms with Gasteiger partial charge in [0.15, 0.2) is 0 Å². The van der Waals surface area contributed by atoms with Crippen molar-refractivity contribution in [3.63, 3.8) is 0 Å². The number of piperidine rings is 4. The molecule has 6 heteroatoms. The average molecular weight is 511 g/mol. The summed E-state index contributed by atoms with van der Waals surface area (Å²) in [6, 6.07) is 6.46. The summed E-state index contributed by atoms with van der Waals surface area (Å²) >= 11 is 0. The van der Waals surface area contributed by atoms with Crippen LogP contribution in [0.1, 0.15) is 94.8 Å². The quantitative estimate of drug-likeness (QED) is 0.473. The second-order valence-corrected chi connectivity index (χ2v) is 15.0. The second-order valence-electron chi connectivity index (χ2n) is 13.2. The first kappa shape index (κ1) is 23.7. The highest BCUT2D eigenvalue weighted by Gasteiger charge is 2.59. The maximum absolute atomic E-state index is 14.1. The van der Waals surface area contributed by atoms with Gasteiger partial charge in [-0.05, 0) is 87.2 Å². The molecule has 9 atom stereocenters. The zero-order valence-electron chi connectivity index (χ0n) is 21.9. The molecule has 5 aliphatic rings. The molecule has 0 amide bonds. The van der Waals surface area contributed by atoms with E-state index in [4.69, 9.17) is 8.83 Å². The molecule has 7 rings (SSSR count). The van der Waals surface area contributed by atoms with Crippen molar-refractivity contribution in [2.45, 2.75) is 101 Å². The fourth-order valence-corrected chi connectivity index (χ4v) is 11.6. The molecule has 0 saturated carbocycles. The molecule has 0 radical (unpaired) electrons. The van der Waals surface area contributed by atoms with Gasteiger partial charge in [0.1, 0.15) is 0 Å². The van der Waals surface area contributed by atoms with E-state index in [9.17, 15) is 4.21 Å². The van der Waals surface area contributed by atoms with Crippen LogP contribution in [0.5, 0.6) is 0 Å². The van der Waals surface area contributed by atoms with Crippen LogP contribution in [-0.4, -0.2) is 49.7 Å². The van der Waals surface area contributed by atoms with Crippen molar-refractivity contribution in [3.05, 3.63) is 48.3 Å². The van der Waals surface area contributed by atoms with Gasteiger partial charge in [0, 0.05) is 64.9 Å². The molecule has 5 saturated heterocycles. The maximum atomic E-state index is 14.1. The molecule has 0 aliphatic carbocycles. The third-order valence-corrected chi connectivity index (χ3v) is 13.4. The Labute approximate surface area is 218 Å². The van der Waals surface area contributed by atoms with E-state index in [2.05, 4.69) is 35.8 Å². The lowest BCUT2D eigenvalue weighted by atomic mass is 9.67. The lowest BCUT2D eigenvalue weighted by Gasteiger charge is -2.55. The summed E-state index contributed by atoms with van der Waals surface area (Å²) in [5, 5.41) is 0. The summed E-state index contributed by atoms with van der Waals surface area (Å²) in [6.45, 7) is 6.99. The predicted molar refractivity (Wildman–Crippen MR) is 142 cm³/mol. The highest BCUT2D eigenvalue weighted by atomic mass is 32.2. The summed E-state index contributed by atoms with van der Waals surface area (Å²) in [4.78, 5) is 5.59. The van der Waals surface area contributed by atoms with Crippen molar-refractivity contribution in [1.82, 2.24) is 9.80 Å². The molecule has 196 valence electrons. The van der Waals surface area contributed by atoms with Crippen molar-refractivity contribution >= 4 is 10.8 Å². The van der Waals surface area contributed by atoms with E-state index in [-0.39, 0.29) is 10.2 Å². The molecule has 5 fully saturated rings. The lowest BCUT2D eigenvalue weighted by molar-refractivity contribution is -0.0454. The molecule has 7 heterocycles. The molecule has 0 bridgehead atoms. The van der Waals surface area contributed by atoms with Gasteiger partial charge in [-0.2, -0.15) is 0 Å². The zero-order chi connectivity index (χ0) is 24.5. The minimum absolute atomic E-state index is 0.0467. The molecule has 9 unspecified atom stereocenters. The molecular weight excluding hydrogens is 468 g/mol. The highest BCUT2D eigenvalue weighted by molar-refractivity contribution is 7.86. The van der Waals surface area contributed by atoms with E-state index in [0.717, 1.165) is 43.5 Å². The smallest absolute Gasteiger partial charge is 0.0950 e. The molecular formula is C30H42N2O3S. The Hall–Kier alpha value is -1.37. The van der Waals surface area contributed by atoms with E-state index in [1.165, 1.54) is 56.1 Å². The number of hydrogen-bond donors (Lipinski definition) is 0. The van der Waals surface area contributed by atoms with E-state index < -0.39 is 10.8 Å². The largest absolute Gasteiger partial charge is 0.472 e. The van der Waals surface area contributed by atoms with Gasteiger partial charge in [-0.15, -0.1) is 0 Å². The molecule has 0 N–H and O–H groups in total. The zero-order valence-corrected chi connectivity index (χ0v) is 22.8. The number of rotatable bonds is 2. The van der Waals surface area contributed by atoms with Crippen LogP contribution in [0.25, 0.3) is 0 Å². The number of fused-ring (bicyclic) bond motifs is 2. The molecule has 5 aliphatic heterocycles. The van der Waals surface area contributed by atoms with E-state index in [1.54, 1.807) is 0 Å². The molecule has 2 spiro atoms. The van der Waals surface area contributed by atoms with Gasteiger partial charge in [-0.25, -0.2) is 0 Å². The standard InChI is InChI=1S/C30H42N2O3S/c1-21-3-5-27(23-9-13-34-15-23)31-18-29(11-7-25(21)31)17-30(36(33)20-29)12-8-26-22(2)4-6-28(32(26)19-30)24-10-14-35-16-24/h9-10,13-16,21-22,25-28H,3-8,11-12,17-20H2,1-2H3. The topological polar surface area (TPSA) is 49.8 Å². The summed E-state index contributed by atoms with van der Waals surface area (Å²) < 4.78 is 25.1. The Bertz CT molecular complexity index is 1090. The fourth-order valence-electron chi connectivity index (χ4n) is 9.26. The number of nitrogens with zero attached hydrogens (tertiary/aromatic N) is 2. The number of hydrogen-bond acceptors (Lipinski definition) is 5. The summed E-state index contributed by atoms with van der Waals surface area (Å²) in [5.74, 6) is 2.36. The van der Waals surface area contributed by atoms with E-state index in [1.807, 2.05) is 25.1 Å². The molecule has 2 aromatic rings. The van der Waals surface area contributed by atoms with Crippen LogP contribution in [-0.2, 0) is 10.8 Å². The predicted octanol–water partition coefficient (Wildman–Crippen LogP) is 6.32. The van der Waals surface area contributed by atoms with Crippen molar-refractivity contribution in [2.24, 2.45) is 17.3 Å². The lowest BCUT2D eigenvalue weighted by Crippen LogP contribution is -2.58. The monoisotopic (exact) mass is 510 g/mol. The third-order valence-electron chi connectivity index (χ3n) is 11.1. The van der Waals surface area contributed by atoms with Crippen LogP contribution in [0, 0.1) is 17.3 Å². The normalized spacial score (nSPS) is 45.7. The van der Waals surface area contributed by atoms with Crippen LogP contribution in [0.4, 0.5) is 0 Å². The van der Waals surface area contributed by atoms with Crippen molar-refractivity contribution in [1.29, 1.82) is 0 Å². The first-order valence-corrected chi connectivity index (χ1v) is 15.7. The van der Waals surface area contributed by atoms with Gasteiger partial charge in [-0.3, -0.25) is 14.0 Å². The Morgan fingerprint density at radius 2 is 1.39 bits per heavy atom. The summed E-state index contributed by atoms with van der Waals surface area (Å²) in [5.41, 5.74) is 2.84. The van der Waals surface area contributed by atoms with Crippen molar-refractivity contribution < 1.29 is 13.0 Å². The SMILES string of the molecule is CC1CCC(c2ccoc2)N2CC3(CCC12)CS(=O)C1(CCC2C(C)CCC(c4ccoc4)N2C1)C3. The Morgan fingerprint density at radius 3 is 1.97 bits per heavy atom. The summed E-state index contributed by atoms with van der Waals surface area (Å²) in [6.07, 6.45) is 18.5. The minimum Gasteiger partial charge on any atom is -0.472 e. The maximum Gasteiger partial charge on any atom is 0.0950 e. The second kappa shape index (κ2) is 8.84. The molecule has 2 aromatic heterocycles. The van der Waals surface area contributed by atoms with Gasteiger partial charge < -0.3 is 8.83 Å². The van der Waals surface area contributed by atoms with Gasteiger partial charge >= 0.3 is 0 Å². The summed E-state index contributed by atoms with van der Waals surface area (Å²) in [7, 11) is -0.772. The highest BCUT2D eigenvalue weighted by Crippen LogP contribution is 2.56. The van der Waals surface area contributed by atoms with Crippen molar-refractivity contribution in [3.8, 4) is 0 Å². The van der Waals surface area contributed by atoms with Gasteiger partial charge in [-0.1, -0.05) is 13.8 Å². The first-order chi connectivity index (χ1) is 17.5. The Morgan fingerprint density at radius 1 is 0.806 bits per heavy atom. The van der Waals surface area contributed by atoms with E-state index >= 15 is 0 Å². The molecule has 0 aromatic carbocycles. The molecule has 5 nitrogen and oxygen atoms in total.